The highest BCUT2D eigenvalue weighted by Crippen LogP contribution is 2.38. The maximum absolute atomic E-state index is 13.0. The van der Waals surface area contributed by atoms with Crippen molar-refractivity contribution in [1.82, 2.24) is 18.1 Å². The van der Waals surface area contributed by atoms with Crippen molar-refractivity contribution in [3.8, 4) is 0 Å². The highest BCUT2D eigenvalue weighted by molar-refractivity contribution is 7.86. The number of carbonyl (C=O) groups excluding carboxylic acids is 1. The Balaban J connectivity index is 1.65. The van der Waals surface area contributed by atoms with Gasteiger partial charge in [0.05, 0.1) is 12.0 Å². The maximum Gasteiger partial charge on any atom is 0.281 e. The molecule has 0 spiro atoms. The number of hydrogen-bond acceptors (Lipinski definition) is 3. The minimum atomic E-state index is -3.40. The first-order chi connectivity index (χ1) is 12.3. The summed E-state index contributed by atoms with van der Waals surface area (Å²) in [6.45, 7) is 1.66. The predicted molar refractivity (Wildman–Crippen MR) is 101 cm³/mol. The number of amides is 1. The van der Waals surface area contributed by atoms with E-state index in [1.807, 2.05) is 17.0 Å². The molecular weight excluding hydrogens is 352 g/mol. The van der Waals surface area contributed by atoms with E-state index in [0.717, 1.165) is 25.7 Å². The van der Waals surface area contributed by atoms with Crippen molar-refractivity contribution in [1.29, 1.82) is 0 Å². The molecule has 2 fully saturated rings. The Morgan fingerprint density at radius 3 is 2.12 bits per heavy atom. The number of nitrogens with zero attached hydrogens (tertiary/aromatic N) is 4. The van der Waals surface area contributed by atoms with E-state index in [4.69, 9.17) is 0 Å². The van der Waals surface area contributed by atoms with Crippen molar-refractivity contribution in [3.63, 3.8) is 0 Å². The first kappa shape index (κ1) is 19.4. The lowest BCUT2D eigenvalue weighted by atomic mass is 9.78. The van der Waals surface area contributed by atoms with E-state index >= 15 is 0 Å². The lowest BCUT2D eigenvalue weighted by Crippen LogP contribution is -2.54. The Labute approximate surface area is 156 Å². The SMILES string of the molecule is CN(C)S(=O)(=O)N1CCN(C(=O)CC2(n3cccc3)CCCCC2)CC1. The quantitative estimate of drug-likeness (QED) is 0.775. The van der Waals surface area contributed by atoms with E-state index in [1.54, 1.807) is 0 Å². The molecule has 1 aliphatic heterocycles. The standard InChI is InChI=1S/C18H30N4O3S/c1-19(2)26(24,25)22-14-12-20(13-15-22)17(23)16-18(8-4-3-5-9-18)21-10-6-7-11-21/h6-7,10-11H,3-5,8-9,12-16H2,1-2H3. The van der Waals surface area contributed by atoms with Crippen molar-refractivity contribution >= 4 is 16.1 Å². The fourth-order valence-corrected chi connectivity index (χ4v) is 5.27. The van der Waals surface area contributed by atoms with Gasteiger partial charge in [-0.05, 0) is 25.0 Å². The zero-order valence-electron chi connectivity index (χ0n) is 15.8. The summed E-state index contributed by atoms with van der Waals surface area (Å²) in [5, 5.41) is 0. The van der Waals surface area contributed by atoms with Gasteiger partial charge >= 0.3 is 0 Å². The van der Waals surface area contributed by atoms with Gasteiger partial charge in [0.2, 0.25) is 5.91 Å². The molecule has 0 bridgehead atoms. The number of aromatic nitrogens is 1. The molecule has 2 heterocycles. The van der Waals surface area contributed by atoms with Crippen LogP contribution < -0.4 is 0 Å². The van der Waals surface area contributed by atoms with Crippen LogP contribution in [0.15, 0.2) is 24.5 Å². The van der Waals surface area contributed by atoms with E-state index in [9.17, 15) is 13.2 Å². The van der Waals surface area contributed by atoms with Gasteiger partial charge in [-0.15, -0.1) is 0 Å². The Morgan fingerprint density at radius 2 is 1.58 bits per heavy atom. The third kappa shape index (κ3) is 3.82. The minimum absolute atomic E-state index is 0.119. The fourth-order valence-electron chi connectivity index (χ4n) is 4.18. The molecule has 0 radical (unpaired) electrons. The second-order valence-corrected chi connectivity index (χ2v) is 9.76. The first-order valence-electron chi connectivity index (χ1n) is 9.44. The van der Waals surface area contributed by atoms with Gasteiger partial charge in [0.25, 0.3) is 10.2 Å². The van der Waals surface area contributed by atoms with E-state index < -0.39 is 10.2 Å². The van der Waals surface area contributed by atoms with Crippen LogP contribution in [0.2, 0.25) is 0 Å². The molecule has 0 atom stereocenters. The summed E-state index contributed by atoms with van der Waals surface area (Å²) in [5.74, 6) is 0.141. The lowest BCUT2D eigenvalue weighted by Gasteiger charge is -2.41. The molecule has 1 saturated carbocycles. The van der Waals surface area contributed by atoms with E-state index in [1.165, 1.54) is 29.1 Å². The number of carbonyl (C=O) groups is 1. The zero-order valence-corrected chi connectivity index (χ0v) is 16.6. The second kappa shape index (κ2) is 7.70. The molecule has 1 saturated heterocycles. The van der Waals surface area contributed by atoms with Gasteiger partial charge in [0.15, 0.2) is 0 Å². The van der Waals surface area contributed by atoms with Crippen LogP contribution in [-0.2, 0) is 20.5 Å². The Morgan fingerprint density at radius 1 is 1.00 bits per heavy atom. The summed E-state index contributed by atoms with van der Waals surface area (Å²) in [5.41, 5.74) is -0.119. The van der Waals surface area contributed by atoms with Crippen molar-refractivity contribution in [2.24, 2.45) is 0 Å². The van der Waals surface area contributed by atoms with Crippen LogP contribution in [0.25, 0.3) is 0 Å². The molecule has 0 N–H and O–H groups in total. The van der Waals surface area contributed by atoms with Gasteiger partial charge in [-0.2, -0.15) is 17.0 Å². The van der Waals surface area contributed by atoms with Crippen LogP contribution in [0.3, 0.4) is 0 Å². The number of piperazine rings is 1. The molecule has 1 aliphatic carbocycles. The molecule has 7 nitrogen and oxygen atoms in total. The van der Waals surface area contributed by atoms with E-state index in [2.05, 4.69) is 17.0 Å². The van der Waals surface area contributed by atoms with Crippen molar-refractivity contribution in [2.45, 2.75) is 44.1 Å². The van der Waals surface area contributed by atoms with Crippen LogP contribution in [-0.4, -0.2) is 72.7 Å². The van der Waals surface area contributed by atoms with Crippen molar-refractivity contribution in [3.05, 3.63) is 24.5 Å². The van der Waals surface area contributed by atoms with Gasteiger partial charge in [-0.25, -0.2) is 0 Å². The molecule has 8 heteroatoms. The molecule has 1 aromatic rings. The van der Waals surface area contributed by atoms with Crippen LogP contribution in [0.4, 0.5) is 0 Å². The first-order valence-corrected chi connectivity index (χ1v) is 10.8. The molecular formula is C18H30N4O3S. The summed E-state index contributed by atoms with van der Waals surface area (Å²) in [6, 6.07) is 4.04. The third-order valence-corrected chi connectivity index (χ3v) is 7.74. The van der Waals surface area contributed by atoms with Gasteiger partial charge in [0.1, 0.15) is 0 Å². The number of hydrogen-bond donors (Lipinski definition) is 0. The number of rotatable bonds is 5. The summed E-state index contributed by atoms with van der Waals surface area (Å²) >= 11 is 0. The second-order valence-electron chi connectivity index (χ2n) is 7.62. The third-order valence-electron chi connectivity index (χ3n) is 5.80. The Hall–Kier alpha value is -1.38. The highest BCUT2D eigenvalue weighted by Gasteiger charge is 2.38. The normalized spacial score (nSPS) is 21.9. The average molecular weight is 383 g/mol. The van der Waals surface area contributed by atoms with Gasteiger partial charge < -0.3 is 9.47 Å². The molecule has 1 aromatic heterocycles. The molecule has 0 unspecified atom stereocenters. The highest BCUT2D eigenvalue weighted by atomic mass is 32.2. The fraction of sp³-hybridized carbons (Fsp3) is 0.722. The van der Waals surface area contributed by atoms with Gasteiger partial charge in [-0.3, -0.25) is 4.79 Å². The summed E-state index contributed by atoms with van der Waals surface area (Å²) in [4.78, 5) is 14.8. The maximum atomic E-state index is 13.0. The zero-order chi connectivity index (χ0) is 18.8. The van der Waals surface area contributed by atoms with Crippen molar-refractivity contribution in [2.75, 3.05) is 40.3 Å². The molecule has 3 rings (SSSR count). The Kier molecular flexibility index (Phi) is 5.74. The van der Waals surface area contributed by atoms with E-state index in [-0.39, 0.29) is 11.4 Å². The molecule has 0 aromatic carbocycles. The van der Waals surface area contributed by atoms with Crippen LogP contribution >= 0.6 is 0 Å². The summed E-state index contributed by atoms with van der Waals surface area (Å²) < 4.78 is 29.4. The minimum Gasteiger partial charge on any atom is -0.348 e. The molecule has 1 amide bonds. The molecule has 2 aliphatic rings. The molecule has 146 valence electrons. The topological polar surface area (TPSA) is 65.9 Å². The summed E-state index contributed by atoms with van der Waals surface area (Å²) in [7, 11) is -0.322. The van der Waals surface area contributed by atoms with Crippen molar-refractivity contribution < 1.29 is 13.2 Å². The summed E-state index contributed by atoms with van der Waals surface area (Å²) in [6.07, 6.45) is 10.2. The van der Waals surface area contributed by atoms with Crippen LogP contribution in [0.5, 0.6) is 0 Å². The van der Waals surface area contributed by atoms with Gasteiger partial charge in [0, 0.05) is 52.7 Å². The molecule has 26 heavy (non-hydrogen) atoms. The Bertz CT molecular complexity index is 701. The van der Waals surface area contributed by atoms with E-state index in [0.29, 0.717) is 32.6 Å². The monoisotopic (exact) mass is 382 g/mol. The van der Waals surface area contributed by atoms with Crippen LogP contribution in [0.1, 0.15) is 38.5 Å². The van der Waals surface area contributed by atoms with Crippen LogP contribution in [0, 0.1) is 0 Å². The average Bonchev–Trinajstić information content (AvgIpc) is 3.18. The predicted octanol–water partition coefficient (Wildman–Crippen LogP) is 1.49. The van der Waals surface area contributed by atoms with Gasteiger partial charge in [-0.1, -0.05) is 19.3 Å². The smallest absolute Gasteiger partial charge is 0.281 e. The largest absolute Gasteiger partial charge is 0.348 e. The lowest BCUT2D eigenvalue weighted by molar-refractivity contribution is -0.135.